The van der Waals surface area contributed by atoms with Gasteiger partial charge in [0.25, 0.3) is 0 Å². The summed E-state index contributed by atoms with van der Waals surface area (Å²) in [5, 5.41) is 0. The average Bonchev–Trinajstić information content (AvgIpc) is 2.46. The summed E-state index contributed by atoms with van der Waals surface area (Å²) in [6, 6.07) is 19.6. The van der Waals surface area contributed by atoms with E-state index in [0.29, 0.717) is 5.92 Å². The molecular weight excluding hydrogens is 230 g/mol. The lowest BCUT2D eigenvalue weighted by Crippen LogP contribution is -2.09. The smallest absolute Gasteiger partial charge is 0.0363 e. The van der Waals surface area contributed by atoms with Crippen molar-refractivity contribution in [1.82, 2.24) is 0 Å². The zero-order valence-electron chi connectivity index (χ0n) is 12.1. The number of anilines is 1. The van der Waals surface area contributed by atoms with Crippen molar-refractivity contribution in [3.8, 4) is 0 Å². The second kappa shape index (κ2) is 6.42. The standard InChI is InChI=1S/C18H23N/c1-15(12-13-16-8-5-4-6-9-16)17-10-7-11-18(14-17)19(2)3/h4-11,14-15H,12-13H2,1-3H3/t15-/m1/s1. The highest BCUT2D eigenvalue weighted by atomic mass is 15.1. The lowest BCUT2D eigenvalue weighted by Gasteiger charge is -2.17. The van der Waals surface area contributed by atoms with E-state index < -0.39 is 0 Å². The van der Waals surface area contributed by atoms with Crippen molar-refractivity contribution in [2.24, 2.45) is 0 Å². The molecular formula is C18H23N. The number of aryl methyl sites for hydroxylation is 1. The molecule has 0 bridgehead atoms. The first-order chi connectivity index (χ1) is 9.16. The highest BCUT2D eigenvalue weighted by Gasteiger charge is 2.07. The number of benzene rings is 2. The van der Waals surface area contributed by atoms with Crippen LogP contribution in [0.4, 0.5) is 5.69 Å². The zero-order valence-corrected chi connectivity index (χ0v) is 12.1. The number of nitrogens with zero attached hydrogens (tertiary/aromatic N) is 1. The molecule has 0 aliphatic rings. The largest absolute Gasteiger partial charge is 0.378 e. The van der Waals surface area contributed by atoms with E-state index in [1.54, 1.807) is 0 Å². The topological polar surface area (TPSA) is 3.24 Å². The van der Waals surface area contributed by atoms with Crippen LogP contribution in [0.5, 0.6) is 0 Å². The summed E-state index contributed by atoms with van der Waals surface area (Å²) < 4.78 is 0. The summed E-state index contributed by atoms with van der Waals surface area (Å²) in [5.41, 5.74) is 4.14. The maximum atomic E-state index is 2.32. The van der Waals surface area contributed by atoms with Crippen LogP contribution in [0.2, 0.25) is 0 Å². The molecule has 0 aliphatic carbocycles. The lowest BCUT2D eigenvalue weighted by atomic mass is 9.94. The molecule has 0 heterocycles. The van der Waals surface area contributed by atoms with Crippen molar-refractivity contribution in [3.05, 3.63) is 65.7 Å². The Balaban J connectivity index is 2.00. The van der Waals surface area contributed by atoms with Crippen LogP contribution in [0.1, 0.15) is 30.4 Å². The maximum Gasteiger partial charge on any atom is 0.0363 e. The van der Waals surface area contributed by atoms with Crippen LogP contribution in [-0.2, 0) is 6.42 Å². The molecule has 0 saturated heterocycles. The second-order valence-electron chi connectivity index (χ2n) is 5.41. The highest BCUT2D eigenvalue weighted by molar-refractivity contribution is 5.47. The molecule has 0 amide bonds. The third-order valence-electron chi connectivity index (χ3n) is 3.66. The molecule has 0 N–H and O–H groups in total. The van der Waals surface area contributed by atoms with Crippen molar-refractivity contribution >= 4 is 5.69 Å². The van der Waals surface area contributed by atoms with Crippen LogP contribution in [0.15, 0.2) is 54.6 Å². The highest BCUT2D eigenvalue weighted by Crippen LogP contribution is 2.24. The molecule has 0 radical (unpaired) electrons. The van der Waals surface area contributed by atoms with Gasteiger partial charge in [-0.05, 0) is 42.0 Å². The number of hydrogen-bond acceptors (Lipinski definition) is 1. The van der Waals surface area contributed by atoms with Gasteiger partial charge in [-0.1, -0.05) is 49.4 Å². The van der Waals surface area contributed by atoms with E-state index in [-0.39, 0.29) is 0 Å². The maximum absolute atomic E-state index is 2.32. The van der Waals surface area contributed by atoms with E-state index in [0.717, 1.165) is 6.42 Å². The van der Waals surface area contributed by atoms with Gasteiger partial charge < -0.3 is 4.90 Å². The molecule has 0 unspecified atom stereocenters. The van der Waals surface area contributed by atoms with Gasteiger partial charge in [0, 0.05) is 19.8 Å². The molecule has 0 fully saturated rings. The summed E-state index contributed by atoms with van der Waals surface area (Å²) in [7, 11) is 4.18. The van der Waals surface area contributed by atoms with Gasteiger partial charge in [0.15, 0.2) is 0 Å². The van der Waals surface area contributed by atoms with Gasteiger partial charge in [0.1, 0.15) is 0 Å². The molecule has 0 spiro atoms. The first-order valence-corrected chi connectivity index (χ1v) is 6.98. The van der Waals surface area contributed by atoms with Gasteiger partial charge in [-0.15, -0.1) is 0 Å². The first-order valence-electron chi connectivity index (χ1n) is 6.98. The Morgan fingerprint density at radius 1 is 0.947 bits per heavy atom. The third-order valence-corrected chi connectivity index (χ3v) is 3.66. The van der Waals surface area contributed by atoms with E-state index in [2.05, 4.69) is 80.5 Å². The summed E-state index contributed by atoms with van der Waals surface area (Å²) in [6.45, 7) is 2.32. The summed E-state index contributed by atoms with van der Waals surface area (Å²) in [4.78, 5) is 2.16. The Labute approximate surface area is 116 Å². The van der Waals surface area contributed by atoms with Crippen LogP contribution in [0.3, 0.4) is 0 Å². The molecule has 0 aliphatic heterocycles. The Morgan fingerprint density at radius 3 is 2.37 bits per heavy atom. The predicted molar refractivity (Wildman–Crippen MR) is 83.9 cm³/mol. The van der Waals surface area contributed by atoms with Gasteiger partial charge in [0.2, 0.25) is 0 Å². The quantitative estimate of drug-likeness (QED) is 0.759. The van der Waals surface area contributed by atoms with Crippen molar-refractivity contribution in [1.29, 1.82) is 0 Å². The summed E-state index contributed by atoms with van der Waals surface area (Å²) in [6.07, 6.45) is 2.34. The Bertz CT molecular complexity index is 502. The van der Waals surface area contributed by atoms with Gasteiger partial charge in [-0.3, -0.25) is 0 Å². The monoisotopic (exact) mass is 253 g/mol. The molecule has 0 aromatic heterocycles. The van der Waals surface area contributed by atoms with Gasteiger partial charge in [-0.2, -0.15) is 0 Å². The minimum Gasteiger partial charge on any atom is -0.378 e. The lowest BCUT2D eigenvalue weighted by molar-refractivity contribution is 0.679. The van der Waals surface area contributed by atoms with E-state index in [1.807, 2.05) is 0 Å². The minimum atomic E-state index is 0.597. The molecule has 1 nitrogen and oxygen atoms in total. The van der Waals surface area contributed by atoms with Crippen LogP contribution in [0.25, 0.3) is 0 Å². The van der Waals surface area contributed by atoms with Crippen molar-refractivity contribution < 1.29 is 0 Å². The van der Waals surface area contributed by atoms with Crippen LogP contribution >= 0.6 is 0 Å². The molecule has 2 aromatic rings. The summed E-state index contributed by atoms with van der Waals surface area (Å²) >= 11 is 0. The molecule has 19 heavy (non-hydrogen) atoms. The van der Waals surface area contributed by atoms with Crippen LogP contribution in [0, 0.1) is 0 Å². The fraction of sp³-hybridized carbons (Fsp3) is 0.333. The van der Waals surface area contributed by atoms with Crippen LogP contribution < -0.4 is 4.90 Å². The second-order valence-corrected chi connectivity index (χ2v) is 5.41. The van der Waals surface area contributed by atoms with E-state index in [1.165, 1.54) is 23.2 Å². The number of hydrogen-bond donors (Lipinski definition) is 0. The van der Waals surface area contributed by atoms with Gasteiger partial charge in [0.05, 0.1) is 0 Å². The van der Waals surface area contributed by atoms with Crippen molar-refractivity contribution in [3.63, 3.8) is 0 Å². The van der Waals surface area contributed by atoms with Crippen molar-refractivity contribution in [2.45, 2.75) is 25.7 Å². The van der Waals surface area contributed by atoms with E-state index in [9.17, 15) is 0 Å². The molecule has 2 aromatic carbocycles. The van der Waals surface area contributed by atoms with Crippen LogP contribution in [-0.4, -0.2) is 14.1 Å². The van der Waals surface area contributed by atoms with Gasteiger partial charge in [-0.25, -0.2) is 0 Å². The Morgan fingerprint density at radius 2 is 1.68 bits per heavy atom. The Hall–Kier alpha value is -1.76. The number of rotatable bonds is 5. The van der Waals surface area contributed by atoms with E-state index in [4.69, 9.17) is 0 Å². The predicted octanol–water partition coefficient (Wildman–Crippen LogP) is 4.49. The normalized spacial score (nSPS) is 12.2. The van der Waals surface area contributed by atoms with Gasteiger partial charge >= 0.3 is 0 Å². The molecule has 1 heteroatoms. The fourth-order valence-electron chi connectivity index (χ4n) is 2.30. The molecule has 0 saturated carbocycles. The molecule has 1 atom stereocenters. The zero-order chi connectivity index (χ0) is 13.7. The molecule has 100 valence electrons. The third kappa shape index (κ3) is 3.85. The first kappa shape index (κ1) is 13.7. The fourth-order valence-corrected chi connectivity index (χ4v) is 2.30. The summed E-state index contributed by atoms with van der Waals surface area (Å²) in [5.74, 6) is 0.597. The minimum absolute atomic E-state index is 0.597. The SMILES string of the molecule is C[C@H](CCc1ccccc1)c1cccc(N(C)C)c1. The van der Waals surface area contributed by atoms with E-state index >= 15 is 0 Å². The molecule has 2 rings (SSSR count). The van der Waals surface area contributed by atoms with Crippen molar-refractivity contribution in [2.75, 3.05) is 19.0 Å². The Kier molecular flexibility index (Phi) is 4.62. The average molecular weight is 253 g/mol.